The van der Waals surface area contributed by atoms with E-state index in [1.807, 2.05) is 17.9 Å². The Morgan fingerprint density at radius 2 is 2.27 bits per heavy atom. The highest BCUT2D eigenvalue weighted by atomic mass is 15.3. The van der Waals surface area contributed by atoms with Crippen molar-refractivity contribution in [3.63, 3.8) is 0 Å². The maximum Gasteiger partial charge on any atom is 0.0540 e. The smallest absolute Gasteiger partial charge is 0.0540 e. The maximum absolute atomic E-state index is 5.60. The van der Waals surface area contributed by atoms with Crippen LogP contribution in [-0.2, 0) is 7.05 Å². The van der Waals surface area contributed by atoms with Gasteiger partial charge in [-0.3, -0.25) is 16.0 Å². The first kappa shape index (κ1) is 12.2. The number of nitrogens with zero attached hydrogens (tertiary/aromatic N) is 2. The van der Waals surface area contributed by atoms with E-state index in [1.165, 1.54) is 17.7 Å². The van der Waals surface area contributed by atoms with E-state index in [1.54, 1.807) is 0 Å². The molecule has 1 aromatic rings. The second-order valence-electron chi connectivity index (χ2n) is 4.28. The van der Waals surface area contributed by atoms with Crippen molar-refractivity contribution in [3.05, 3.63) is 17.5 Å². The molecule has 86 valence electrons. The first-order chi connectivity index (χ1) is 7.10. The minimum Gasteiger partial charge on any atom is -0.273 e. The summed E-state index contributed by atoms with van der Waals surface area (Å²) in [7, 11) is 1.95. The average Bonchev–Trinajstić information content (AvgIpc) is 2.56. The fourth-order valence-corrected chi connectivity index (χ4v) is 1.71. The van der Waals surface area contributed by atoms with E-state index in [9.17, 15) is 0 Å². The first-order valence-corrected chi connectivity index (χ1v) is 5.54. The molecule has 1 aromatic heterocycles. The third-order valence-electron chi connectivity index (χ3n) is 3.18. The molecule has 4 heteroatoms. The predicted octanol–water partition coefficient (Wildman–Crippen LogP) is 1.67. The van der Waals surface area contributed by atoms with Crippen LogP contribution in [0, 0.1) is 12.8 Å². The second kappa shape index (κ2) is 5.28. The zero-order chi connectivity index (χ0) is 11.4. The molecular formula is C11H22N4. The maximum atomic E-state index is 5.60. The van der Waals surface area contributed by atoms with Gasteiger partial charge >= 0.3 is 0 Å². The van der Waals surface area contributed by atoms with Crippen molar-refractivity contribution in [1.29, 1.82) is 0 Å². The van der Waals surface area contributed by atoms with Gasteiger partial charge in [0.2, 0.25) is 0 Å². The number of nitrogens with one attached hydrogen (secondary N) is 1. The Morgan fingerprint density at radius 1 is 1.60 bits per heavy atom. The summed E-state index contributed by atoms with van der Waals surface area (Å²) >= 11 is 0. The number of hydrazine groups is 1. The molecular weight excluding hydrogens is 188 g/mol. The van der Waals surface area contributed by atoms with Gasteiger partial charge in [-0.05, 0) is 19.3 Å². The lowest BCUT2D eigenvalue weighted by Crippen LogP contribution is -2.29. The minimum absolute atomic E-state index is 0.216. The van der Waals surface area contributed by atoms with Crippen molar-refractivity contribution in [3.8, 4) is 0 Å². The number of rotatable bonds is 5. The van der Waals surface area contributed by atoms with Gasteiger partial charge in [-0.2, -0.15) is 5.10 Å². The molecule has 1 heterocycles. The largest absolute Gasteiger partial charge is 0.273 e. The average molecular weight is 210 g/mol. The Bertz CT molecular complexity index is 306. The highest BCUT2D eigenvalue weighted by Gasteiger charge is 2.17. The SMILES string of the molecule is CCC(C)CC(NN)c1cnn(C)c1C. The van der Waals surface area contributed by atoms with E-state index in [2.05, 4.69) is 31.3 Å². The standard InChI is InChI=1S/C11H22N4/c1-5-8(2)6-11(14-12)10-7-13-15(4)9(10)3/h7-8,11,14H,5-6,12H2,1-4H3. The van der Waals surface area contributed by atoms with E-state index < -0.39 is 0 Å². The van der Waals surface area contributed by atoms with Crippen molar-refractivity contribution in [2.75, 3.05) is 0 Å². The van der Waals surface area contributed by atoms with Gasteiger partial charge < -0.3 is 0 Å². The van der Waals surface area contributed by atoms with Crippen molar-refractivity contribution in [2.24, 2.45) is 18.8 Å². The molecule has 0 aromatic carbocycles. The Balaban J connectivity index is 2.78. The lowest BCUT2D eigenvalue weighted by Gasteiger charge is -2.19. The molecule has 4 nitrogen and oxygen atoms in total. The number of hydrogen-bond acceptors (Lipinski definition) is 3. The number of hydrogen-bond donors (Lipinski definition) is 2. The van der Waals surface area contributed by atoms with Gasteiger partial charge in [0.15, 0.2) is 0 Å². The Kier molecular flexibility index (Phi) is 4.29. The summed E-state index contributed by atoms with van der Waals surface area (Å²) in [5, 5.41) is 4.24. The summed E-state index contributed by atoms with van der Waals surface area (Å²) < 4.78 is 1.89. The molecule has 2 unspecified atom stereocenters. The molecule has 0 fully saturated rings. The number of aromatic nitrogens is 2. The predicted molar refractivity (Wildman–Crippen MR) is 62.1 cm³/mol. The van der Waals surface area contributed by atoms with Gasteiger partial charge in [-0.25, -0.2) is 0 Å². The Labute approximate surface area is 91.8 Å². The summed E-state index contributed by atoms with van der Waals surface area (Å²) in [6, 6.07) is 0.216. The van der Waals surface area contributed by atoms with Crippen LogP contribution in [0.3, 0.4) is 0 Å². The summed E-state index contributed by atoms with van der Waals surface area (Å²) in [6.07, 6.45) is 4.14. The second-order valence-corrected chi connectivity index (χ2v) is 4.28. The third-order valence-corrected chi connectivity index (χ3v) is 3.18. The number of aryl methyl sites for hydroxylation is 1. The van der Waals surface area contributed by atoms with E-state index in [-0.39, 0.29) is 6.04 Å². The highest BCUT2D eigenvalue weighted by molar-refractivity contribution is 5.20. The van der Waals surface area contributed by atoms with Crippen molar-refractivity contribution < 1.29 is 0 Å². The van der Waals surface area contributed by atoms with Crippen molar-refractivity contribution >= 4 is 0 Å². The molecule has 3 N–H and O–H groups in total. The quantitative estimate of drug-likeness (QED) is 0.574. The van der Waals surface area contributed by atoms with Crippen LogP contribution >= 0.6 is 0 Å². The molecule has 0 spiro atoms. The molecule has 0 saturated heterocycles. The molecule has 0 aliphatic heterocycles. The van der Waals surface area contributed by atoms with E-state index in [0.717, 1.165) is 6.42 Å². The zero-order valence-corrected chi connectivity index (χ0v) is 10.1. The number of nitrogens with two attached hydrogens (primary N) is 1. The van der Waals surface area contributed by atoms with Crippen LogP contribution in [0.1, 0.15) is 44.0 Å². The molecule has 0 saturated carbocycles. The highest BCUT2D eigenvalue weighted by Crippen LogP contribution is 2.24. The molecule has 2 atom stereocenters. The Hall–Kier alpha value is -0.870. The van der Waals surface area contributed by atoms with Gasteiger partial charge in [0.1, 0.15) is 0 Å². The third kappa shape index (κ3) is 2.79. The molecule has 0 radical (unpaired) electrons. The zero-order valence-electron chi connectivity index (χ0n) is 10.1. The summed E-state index contributed by atoms with van der Waals surface area (Å²) in [4.78, 5) is 0. The summed E-state index contributed by atoms with van der Waals surface area (Å²) in [5.74, 6) is 6.27. The topological polar surface area (TPSA) is 55.9 Å². The molecule has 15 heavy (non-hydrogen) atoms. The fraction of sp³-hybridized carbons (Fsp3) is 0.727. The van der Waals surface area contributed by atoms with E-state index in [4.69, 9.17) is 5.84 Å². The van der Waals surface area contributed by atoms with Crippen molar-refractivity contribution in [1.82, 2.24) is 15.2 Å². The minimum atomic E-state index is 0.216. The summed E-state index contributed by atoms with van der Waals surface area (Å²) in [5.41, 5.74) is 5.27. The fourth-order valence-electron chi connectivity index (χ4n) is 1.71. The summed E-state index contributed by atoms with van der Waals surface area (Å²) in [6.45, 7) is 6.52. The lowest BCUT2D eigenvalue weighted by atomic mass is 9.95. The van der Waals surface area contributed by atoms with Crippen molar-refractivity contribution in [2.45, 2.75) is 39.7 Å². The van der Waals surface area contributed by atoms with Crippen LogP contribution in [0.5, 0.6) is 0 Å². The molecule has 0 amide bonds. The van der Waals surface area contributed by atoms with Crippen LogP contribution in [0.25, 0.3) is 0 Å². The van der Waals surface area contributed by atoms with Gasteiger partial charge in [-0.1, -0.05) is 20.3 Å². The van der Waals surface area contributed by atoms with Gasteiger partial charge in [0, 0.05) is 24.3 Å². The van der Waals surface area contributed by atoms with Gasteiger partial charge in [0.05, 0.1) is 6.20 Å². The first-order valence-electron chi connectivity index (χ1n) is 5.54. The lowest BCUT2D eigenvalue weighted by molar-refractivity contribution is 0.406. The molecule has 0 aliphatic rings. The molecule has 0 aliphatic carbocycles. The van der Waals surface area contributed by atoms with Crippen LogP contribution < -0.4 is 11.3 Å². The van der Waals surface area contributed by atoms with Crippen LogP contribution in [-0.4, -0.2) is 9.78 Å². The molecule has 1 rings (SSSR count). The van der Waals surface area contributed by atoms with Gasteiger partial charge in [0.25, 0.3) is 0 Å². The van der Waals surface area contributed by atoms with E-state index >= 15 is 0 Å². The monoisotopic (exact) mass is 210 g/mol. The van der Waals surface area contributed by atoms with E-state index in [0.29, 0.717) is 5.92 Å². The molecule has 0 bridgehead atoms. The normalized spacial score (nSPS) is 15.3. The van der Waals surface area contributed by atoms with Crippen LogP contribution in [0.15, 0.2) is 6.20 Å². The van der Waals surface area contributed by atoms with Crippen LogP contribution in [0.2, 0.25) is 0 Å². The van der Waals surface area contributed by atoms with Crippen LogP contribution in [0.4, 0.5) is 0 Å². The van der Waals surface area contributed by atoms with Gasteiger partial charge in [-0.15, -0.1) is 0 Å². The Morgan fingerprint density at radius 3 is 2.67 bits per heavy atom.